The number of aromatic nitrogens is 3. The molecule has 0 bridgehead atoms. The van der Waals surface area contributed by atoms with Gasteiger partial charge in [0.1, 0.15) is 16.9 Å². The number of primary amides is 1. The van der Waals surface area contributed by atoms with E-state index in [1.807, 2.05) is 11.0 Å². The van der Waals surface area contributed by atoms with E-state index in [1.54, 1.807) is 0 Å². The quantitative estimate of drug-likeness (QED) is 0.140. The van der Waals surface area contributed by atoms with Crippen LogP contribution in [0.5, 0.6) is 0 Å². The Bertz CT molecular complexity index is 1690. The van der Waals surface area contributed by atoms with E-state index in [0.29, 0.717) is 25.3 Å². The first-order chi connectivity index (χ1) is 18.6. The first kappa shape index (κ1) is 27.2. The molecule has 4 aromatic rings. The minimum atomic E-state index is -1.36. The van der Waals surface area contributed by atoms with Gasteiger partial charge in [0.25, 0.3) is 16.8 Å². The van der Waals surface area contributed by atoms with Crippen LogP contribution in [0, 0.1) is 0 Å². The van der Waals surface area contributed by atoms with Crippen LogP contribution in [0.4, 0.5) is 11.4 Å². The molecule has 15 heteroatoms. The van der Waals surface area contributed by atoms with Crippen LogP contribution in [0.15, 0.2) is 40.1 Å². The molecule has 2 aromatic carbocycles. The topological polar surface area (TPSA) is 212 Å². The maximum Gasteiger partial charge on any atom is 0.356 e. The molecule has 0 fully saturated rings. The van der Waals surface area contributed by atoms with E-state index in [9.17, 15) is 24.0 Å². The van der Waals surface area contributed by atoms with Gasteiger partial charge in [-0.2, -0.15) is 5.10 Å². The number of hydrogen-bond donors (Lipinski definition) is 4. The second kappa shape index (κ2) is 10.9. The number of fused-ring (bicyclic) bond motifs is 2. The number of aromatic carboxylic acids is 1. The molecule has 2 aromatic heterocycles. The monoisotopic (exact) mass is 555 g/mol. The van der Waals surface area contributed by atoms with Crippen molar-refractivity contribution < 1.29 is 24.2 Å². The molecule has 5 rings (SSSR count). The number of halogens is 1. The lowest BCUT2D eigenvalue weighted by molar-refractivity contribution is 0.0590. The molecule has 14 nitrogen and oxygen atoms in total. The van der Waals surface area contributed by atoms with Crippen molar-refractivity contribution in [3.05, 3.63) is 84.6 Å². The Hall–Kier alpha value is -4.82. The van der Waals surface area contributed by atoms with Crippen molar-refractivity contribution in [2.45, 2.75) is 19.5 Å². The first-order valence-corrected chi connectivity index (χ1v) is 11.7. The molecule has 0 aliphatic carbocycles. The number of nitrogen functional groups attached to an aromatic ring is 1. The van der Waals surface area contributed by atoms with Gasteiger partial charge in [0.05, 0.1) is 13.3 Å². The van der Waals surface area contributed by atoms with Crippen molar-refractivity contribution in [1.82, 2.24) is 19.4 Å². The zero-order valence-electron chi connectivity index (χ0n) is 20.4. The predicted molar refractivity (Wildman–Crippen MR) is 139 cm³/mol. The van der Waals surface area contributed by atoms with Crippen LogP contribution in [0.1, 0.15) is 48.0 Å². The van der Waals surface area contributed by atoms with Crippen LogP contribution in [-0.4, -0.2) is 51.2 Å². The van der Waals surface area contributed by atoms with E-state index >= 15 is 0 Å². The average molecular weight is 556 g/mol. The fraction of sp³-hybridized carbons (Fsp3) is 0.208. The molecule has 202 valence electrons. The number of hydrogen-bond acceptors (Lipinski definition) is 11. The van der Waals surface area contributed by atoms with Crippen LogP contribution < -0.4 is 32.1 Å². The van der Waals surface area contributed by atoms with Crippen molar-refractivity contribution in [3.8, 4) is 0 Å². The number of ether oxygens (including phenoxy) is 1. The van der Waals surface area contributed by atoms with Crippen molar-refractivity contribution in [3.63, 3.8) is 0 Å². The predicted octanol–water partition coefficient (Wildman–Crippen LogP) is -0.0161. The number of carboxylic acids is 1. The smallest absolute Gasteiger partial charge is 0.356 e. The zero-order valence-corrected chi connectivity index (χ0v) is 21.2. The molecule has 0 spiro atoms. The molecule has 1 amide bonds. The number of carbonyl (C=O) groups is 3. The third kappa shape index (κ3) is 5.15. The lowest BCUT2D eigenvalue weighted by atomic mass is 9.96. The van der Waals surface area contributed by atoms with E-state index in [0.717, 1.165) is 41.4 Å². The lowest BCUT2D eigenvalue weighted by Crippen LogP contribution is -2.44. The lowest BCUT2D eigenvalue weighted by Gasteiger charge is -2.31. The van der Waals surface area contributed by atoms with Crippen molar-refractivity contribution >= 4 is 46.6 Å². The standard InChI is InChI=1S/C14H14ClN3O2.C10H8N4O5/c15-17-6-8-1-2-9-3-4-18(7-10(9)5-8)12-11(16)13(19)14(12)20;1-19-10(18)6-2-5(9(16)17)13-8-4(7(11)15)3-12-14(6)8/h1-2,5,17H,3-4,6-7,16H2;2-3H,1H3,(H2,11,15)(H,16,17). The van der Waals surface area contributed by atoms with Gasteiger partial charge in [-0.25, -0.2) is 23.9 Å². The molecule has 1 aliphatic rings. The fourth-order valence-electron chi connectivity index (χ4n) is 4.20. The molecule has 3 heterocycles. The zero-order chi connectivity index (χ0) is 28.4. The number of methoxy groups -OCH3 is 1. The van der Waals surface area contributed by atoms with Crippen LogP contribution in [-0.2, 0) is 24.2 Å². The van der Waals surface area contributed by atoms with Crippen molar-refractivity contribution in [2.75, 3.05) is 24.3 Å². The van der Waals surface area contributed by atoms with Crippen LogP contribution in [0.3, 0.4) is 0 Å². The first-order valence-electron chi connectivity index (χ1n) is 11.3. The highest BCUT2D eigenvalue weighted by atomic mass is 35.5. The maximum absolute atomic E-state index is 11.6. The molecule has 0 atom stereocenters. The summed E-state index contributed by atoms with van der Waals surface area (Å²) in [6.07, 6.45) is 1.94. The van der Waals surface area contributed by atoms with Gasteiger partial charge in [0.2, 0.25) is 0 Å². The van der Waals surface area contributed by atoms with Gasteiger partial charge in [-0.3, -0.25) is 14.4 Å². The SMILES string of the molecule is COC(=O)c1cc(C(=O)O)nc2c(C(N)=O)cnn12.Nc1c(N2CCc3ccc(CNCl)cc3C2)c(=O)c1=O. The molecule has 0 saturated carbocycles. The van der Waals surface area contributed by atoms with Gasteiger partial charge < -0.3 is 26.2 Å². The summed E-state index contributed by atoms with van der Waals surface area (Å²) >= 11 is 5.52. The third-order valence-corrected chi connectivity index (χ3v) is 6.28. The van der Waals surface area contributed by atoms with Gasteiger partial charge in [-0.1, -0.05) is 18.2 Å². The second-order valence-electron chi connectivity index (χ2n) is 8.49. The Morgan fingerprint density at radius 3 is 2.54 bits per heavy atom. The number of carbonyl (C=O) groups excluding carboxylic acids is 2. The molecule has 0 radical (unpaired) electrons. The summed E-state index contributed by atoms with van der Waals surface area (Å²) in [6, 6.07) is 7.19. The number of nitrogens with zero attached hydrogens (tertiary/aromatic N) is 4. The summed E-state index contributed by atoms with van der Waals surface area (Å²) in [7, 11) is 1.13. The van der Waals surface area contributed by atoms with E-state index < -0.39 is 34.4 Å². The van der Waals surface area contributed by atoms with E-state index in [2.05, 4.69) is 31.8 Å². The molecule has 0 unspecified atom stereocenters. The molecule has 39 heavy (non-hydrogen) atoms. The summed E-state index contributed by atoms with van der Waals surface area (Å²) in [6.45, 7) is 1.88. The van der Waals surface area contributed by atoms with E-state index in [-0.39, 0.29) is 22.6 Å². The maximum atomic E-state index is 11.6. The minimum absolute atomic E-state index is 0.0896. The fourth-order valence-corrected chi connectivity index (χ4v) is 4.35. The van der Waals surface area contributed by atoms with Crippen LogP contribution in [0.2, 0.25) is 0 Å². The average Bonchev–Trinajstić information content (AvgIpc) is 3.37. The van der Waals surface area contributed by atoms with Crippen LogP contribution in [0.25, 0.3) is 5.65 Å². The normalized spacial score (nSPS) is 12.5. The Morgan fingerprint density at radius 1 is 1.18 bits per heavy atom. The summed E-state index contributed by atoms with van der Waals surface area (Å²) in [5.41, 5.74) is 12.9. The third-order valence-electron chi connectivity index (χ3n) is 6.14. The van der Waals surface area contributed by atoms with Gasteiger partial charge >= 0.3 is 11.9 Å². The second-order valence-corrected chi connectivity index (χ2v) is 8.75. The van der Waals surface area contributed by atoms with Gasteiger partial charge in [-0.15, -0.1) is 0 Å². The Labute approximate surface area is 224 Å². The number of nitrogens with one attached hydrogen (secondary N) is 1. The molecule has 0 saturated heterocycles. The van der Waals surface area contributed by atoms with Gasteiger partial charge in [-0.05, 0) is 34.9 Å². The summed E-state index contributed by atoms with van der Waals surface area (Å²) in [4.78, 5) is 64.7. The number of nitrogens with two attached hydrogens (primary N) is 2. The highest BCUT2D eigenvalue weighted by molar-refractivity contribution is 6.13. The van der Waals surface area contributed by atoms with Crippen LogP contribution >= 0.6 is 11.8 Å². The summed E-state index contributed by atoms with van der Waals surface area (Å²) in [5, 5.41) is 12.7. The van der Waals surface area contributed by atoms with Crippen molar-refractivity contribution in [1.29, 1.82) is 0 Å². The molecule has 6 N–H and O–H groups in total. The van der Waals surface area contributed by atoms with E-state index in [4.69, 9.17) is 28.4 Å². The Morgan fingerprint density at radius 2 is 1.92 bits per heavy atom. The number of rotatable bonds is 6. The largest absolute Gasteiger partial charge is 0.477 e. The highest BCUT2D eigenvalue weighted by Gasteiger charge is 2.27. The Kier molecular flexibility index (Phi) is 7.60. The summed E-state index contributed by atoms with van der Waals surface area (Å²) < 4.78 is 5.51. The van der Waals surface area contributed by atoms with E-state index in [1.165, 1.54) is 5.56 Å². The minimum Gasteiger partial charge on any atom is -0.477 e. The Balaban J connectivity index is 0.000000181. The van der Waals surface area contributed by atoms with Crippen molar-refractivity contribution in [2.24, 2.45) is 5.73 Å². The van der Waals surface area contributed by atoms with Gasteiger partial charge in [0, 0.05) is 25.7 Å². The number of benzene rings is 1. The highest BCUT2D eigenvalue weighted by Crippen LogP contribution is 2.26. The molecular formula is C24H22ClN7O7. The summed E-state index contributed by atoms with van der Waals surface area (Å²) in [5.74, 6) is -3.00. The number of amides is 1. The number of carboxylic acid groups (broad SMARTS) is 1. The van der Waals surface area contributed by atoms with Gasteiger partial charge in [0.15, 0.2) is 17.0 Å². The number of esters is 1. The molecular weight excluding hydrogens is 534 g/mol. The molecule has 1 aliphatic heterocycles. The number of anilines is 2.